The molecule has 1 rings (SSSR count). The molecule has 0 atom stereocenters. The fraction of sp³-hybridized carbons (Fsp3) is 0.143. The molecular weight excluding hydrogens is 400 g/mol. The topological polar surface area (TPSA) is 52.4 Å². The molecule has 4 nitrogen and oxygen atoms in total. The highest BCUT2D eigenvalue weighted by Gasteiger charge is 2.16. The predicted octanol–water partition coefficient (Wildman–Crippen LogP) is 2.81. The molecule has 0 unspecified atom stereocenters. The maximum atomic E-state index is 10.5. The average Bonchev–Trinajstić information content (AvgIpc) is 2.09. The van der Waals surface area contributed by atoms with Gasteiger partial charge in [-0.05, 0) is 51.2 Å². The van der Waals surface area contributed by atoms with Crippen LogP contribution in [0, 0.1) is 17.3 Å². The Hall–Kier alpha value is -0.120. The Morgan fingerprint density at radius 3 is 2.46 bits per heavy atom. The second kappa shape index (κ2) is 4.40. The van der Waals surface area contributed by atoms with Crippen LogP contribution in [0.1, 0.15) is 0 Å². The van der Waals surface area contributed by atoms with E-state index in [4.69, 9.17) is 4.74 Å². The van der Waals surface area contributed by atoms with Crippen molar-refractivity contribution < 1.29 is 9.66 Å². The first-order chi connectivity index (χ1) is 6.07. The molecule has 0 N–H and O–H groups in total. The molecule has 6 heteroatoms. The molecule has 1 aromatic carbocycles. The van der Waals surface area contributed by atoms with E-state index in [-0.39, 0.29) is 5.69 Å². The summed E-state index contributed by atoms with van der Waals surface area (Å²) in [5, 5.41) is 10.5. The molecule has 0 aromatic heterocycles. The Morgan fingerprint density at radius 2 is 2.00 bits per heavy atom. The van der Waals surface area contributed by atoms with Gasteiger partial charge in [-0.3, -0.25) is 10.1 Å². The number of nitrogens with zero attached hydrogens (tertiary/aromatic N) is 1. The minimum atomic E-state index is -0.399. The summed E-state index contributed by atoms with van der Waals surface area (Å²) in [7, 11) is 1.54. The van der Waals surface area contributed by atoms with Gasteiger partial charge in [0, 0.05) is 6.07 Å². The van der Waals surface area contributed by atoms with E-state index >= 15 is 0 Å². The smallest absolute Gasteiger partial charge is 0.284 e. The first-order valence-electron chi connectivity index (χ1n) is 3.24. The van der Waals surface area contributed by atoms with Crippen LogP contribution in [-0.4, -0.2) is 12.0 Å². The number of nitro groups is 1. The number of ether oxygens (including phenoxy) is 1. The number of benzene rings is 1. The van der Waals surface area contributed by atoms with Crippen molar-refractivity contribution in [2.24, 2.45) is 0 Å². The summed E-state index contributed by atoms with van der Waals surface area (Å²) in [4.78, 5) is 10.1. The highest BCUT2D eigenvalue weighted by Crippen LogP contribution is 2.32. The van der Waals surface area contributed by atoms with E-state index in [2.05, 4.69) is 0 Å². The van der Waals surface area contributed by atoms with E-state index in [0.717, 1.165) is 3.57 Å². The number of hydrogen-bond acceptors (Lipinski definition) is 3. The summed E-state index contributed by atoms with van der Waals surface area (Å²) in [6.07, 6.45) is 0. The molecule has 0 aliphatic rings. The quantitative estimate of drug-likeness (QED) is 0.432. The summed E-state index contributed by atoms with van der Waals surface area (Å²) < 4.78 is 6.41. The summed E-state index contributed by atoms with van der Waals surface area (Å²) in [5.74, 6) is 0.663. The molecule has 13 heavy (non-hydrogen) atoms. The number of nitro benzene ring substituents is 1. The predicted molar refractivity (Wildman–Crippen MR) is 65.1 cm³/mol. The van der Waals surface area contributed by atoms with Gasteiger partial charge in [0.2, 0.25) is 0 Å². The fourth-order valence-corrected chi connectivity index (χ4v) is 2.14. The van der Waals surface area contributed by atoms with Gasteiger partial charge < -0.3 is 4.74 Å². The van der Waals surface area contributed by atoms with Crippen LogP contribution in [0.3, 0.4) is 0 Å². The maximum absolute atomic E-state index is 10.5. The summed E-state index contributed by atoms with van der Waals surface area (Å²) >= 11 is 3.97. The lowest BCUT2D eigenvalue weighted by Crippen LogP contribution is -1.96. The third kappa shape index (κ3) is 2.22. The molecule has 0 saturated heterocycles. The fourth-order valence-electron chi connectivity index (χ4n) is 0.820. The van der Waals surface area contributed by atoms with E-state index in [1.54, 1.807) is 13.2 Å². The van der Waals surface area contributed by atoms with Crippen LogP contribution in [0.15, 0.2) is 12.1 Å². The SMILES string of the molecule is COc1ccc([N+](=O)[O-])c(I)c1I. The molecular formula is C7H5I2NO3. The van der Waals surface area contributed by atoms with Crippen LogP contribution in [0.25, 0.3) is 0 Å². The monoisotopic (exact) mass is 405 g/mol. The molecule has 0 bridgehead atoms. The van der Waals surface area contributed by atoms with Gasteiger partial charge in [0.25, 0.3) is 5.69 Å². The van der Waals surface area contributed by atoms with Crippen molar-refractivity contribution >= 4 is 50.9 Å². The van der Waals surface area contributed by atoms with Crippen molar-refractivity contribution in [2.45, 2.75) is 0 Å². The van der Waals surface area contributed by atoms with E-state index in [1.165, 1.54) is 6.07 Å². The van der Waals surface area contributed by atoms with Gasteiger partial charge in [0.1, 0.15) is 9.32 Å². The highest BCUT2D eigenvalue weighted by atomic mass is 127. The Balaban J connectivity index is 3.31. The van der Waals surface area contributed by atoms with Crippen molar-refractivity contribution in [1.29, 1.82) is 0 Å². The summed E-state index contributed by atoms with van der Waals surface area (Å²) in [6, 6.07) is 3.05. The largest absolute Gasteiger partial charge is 0.496 e. The van der Waals surface area contributed by atoms with Crippen molar-refractivity contribution in [3.63, 3.8) is 0 Å². The Morgan fingerprint density at radius 1 is 1.38 bits per heavy atom. The van der Waals surface area contributed by atoms with Crippen molar-refractivity contribution in [3.8, 4) is 5.75 Å². The minimum absolute atomic E-state index is 0.116. The van der Waals surface area contributed by atoms with E-state index in [9.17, 15) is 10.1 Å². The second-order valence-corrected chi connectivity index (χ2v) is 4.33. The molecule has 0 aliphatic carbocycles. The summed E-state index contributed by atoms with van der Waals surface area (Å²) in [5.41, 5.74) is 0.116. The minimum Gasteiger partial charge on any atom is -0.496 e. The van der Waals surface area contributed by atoms with Crippen LogP contribution in [0.2, 0.25) is 0 Å². The number of hydrogen-bond donors (Lipinski definition) is 0. The third-order valence-electron chi connectivity index (χ3n) is 1.44. The van der Waals surface area contributed by atoms with E-state index in [0.29, 0.717) is 9.32 Å². The lowest BCUT2D eigenvalue weighted by Gasteiger charge is -2.04. The lowest BCUT2D eigenvalue weighted by atomic mass is 10.3. The van der Waals surface area contributed by atoms with Crippen molar-refractivity contribution in [3.05, 3.63) is 29.4 Å². The van der Waals surface area contributed by atoms with Crippen LogP contribution >= 0.6 is 45.2 Å². The summed E-state index contributed by atoms with van der Waals surface area (Å²) in [6.45, 7) is 0. The Kier molecular flexibility index (Phi) is 3.71. The molecule has 0 radical (unpaired) electrons. The molecule has 0 heterocycles. The molecule has 0 spiro atoms. The van der Waals surface area contributed by atoms with E-state index < -0.39 is 4.92 Å². The van der Waals surface area contributed by atoms with Gasteiger partial charge >= 0.3 is 0 Å². The van der Waals surface area contributed by atoms with Crippen LogP contribution < -0.4 is 4.74 Å². The van der Waals surface area contributed by atoms with Gasteiger partial charge in [-0.1, -0.05) is 0 Å². The zero-order chi connectivity index (χ0) is 10.0. The zero-order valence-electron chi connectivity index (χ0n) is 6.58. The lowest BCUT2D eigenvalue weighted by molar-refractivity contribution is -0.385. The van der Waals surface area contributed by atoms with Crippen LogP contribution in [0.4, 0.5) is 5.69 Å². The van der Waals surface area contributed by atoms with Gasteiger partial charge in [-0.15, -0.1) is 0 Å². The van der Waals surface area contributed by atoms with Crippen molar-refractivity contribution in [2.75, 3.05) is 7.11 Å². The molecule has 0 fully saturated rings. The molecule has 0 aliphatic heterocycles. The Labute approximate surface area is 102 Å². The highest BCUT2D eigenvalue weighted by molar-refractivity contribution is 14.1. The van der Waals surface area contributed by atoms with Gasteiger partial charge in [0.05, 0.1) is 15.6 Å². The first kappa shape index (κ1) is 11.0. The number of rotatable bonds is 2. The zero-order valence-corrected chi connectivity index (χ0v) is 10.9. The Bertz CT molecular complexity index is 354. The molecule has 0 amide bonds. The molecule has 70 valence electrons. The van der Waals surface area contributed by atoms with Gasteiger partial charge in [-0.25, -0.2) is 0 Å². The van der Waals surface area contributed by atoms with Gasteiger partial charge in [0.15, 0.2) is 0 Å². The van der Waals surface area contributed by atoms with Gasteiger partial charge in [-0.2, -0.15) is 0 Å². The maximum Gasteiger partial charge on any atom is 0.284 e. The number of halogens is 2. The first-order valence-corrected chi connectivity index (χ1v) is 5.40. The normalized spacial score (nSPS) is 9.77. The van der Waals surface area contributed by atoms with Crippen LogP contribution in [0.5, 0.6) is 5.75 Å². The second-order valence-electron chi connectivity index (χ2n) is 2.17. The van der Waals surface area contributed by atoms with Crippen molar-refractivity contribution in [1.82, 2.24) is 0 Å². The van der Waals surface area contributed by atoms with Crippen LogP contribution in [-0.2, 0) is 0 Å². The molecule has 0 saturated carbocycles. The average molecular weight is 405 g/mol. The molecule has 1 aromatic rings. The number of methoxy groups -OCH3 is 1. The standard InChI is InChI=1S/C7H5I2NO3/c1-13-5-3-2-4(10(11)12)6(8)7(5)9/h2-3H,1H3. The van der Waals surface area contributed by atoms with E-state index in [1.807, 2.05) is 45.2 Å². The third-order valence-corrected chi connectivity index (χ3v) is 4.64.